The van der Waals surface area contributed by atoms with Crippen molar-refractivity contribution in [2.24, 2.45) is 7.05 Å². The number of unbranched alkanes of at least 4 members (excludes halogenated alkanes) is 2. The summed E-state index contributed by atoms with van der Waals surface area (Å²) in [6.07, 6.45) is 2.53. The van der Waals surface area contributed by atoms with Crippen LogP contribution in [0.3, 0.4) is 0 Å². The average molecular weight is 339 g/mol. The molecule has 0 fully saturated rings. The number of nitro groups is 1. The predicted molar refractivity (Wildman–Crippen MR) is 82.7 cm³/mol. The quantitative estimate of drug-likeness (QED) is 0.325. The number of carbonyl (C=O) groups excluding carboxylic acids is 1. The first-order chi connectivity index (χ1) is 11.4. The number of hydrogen-bond acceptors (Lipinski definition) is 7. The smallest absolute Gasteiger partial charge is 0.438 e. The van der Waals surface area contributed by atoms with Crippen LogP contribution in [0.2, 0.25) is 0 Å². The number of nitrogens with zero attached hydrogens (tertiary/aromatic N) is 4. The first-order valence-electron chi connectivity index (χ1n) is 7.36. The number of carbonyl (C=O) groups is 1. The minimum Gasteiger partial charge on any atom is -0.463 e. The van der Waals surface area contributed by atoms with Crippen LogP contribution < -0.4 is 11.2 Å². The fourth-order valence-electron chi connectivity index (χ4n) is 2.23. The Balaban J connectivity index is 2.41. The van der Waals surface area contributed by atoms with Gasteiger partial charge >= 0.3 is 17.6 Å². The third-order valence-electron chi connectivity index (χ3n) is 3.45. The third-order valence-corrected chi connectivity index (χ3v) is 3.45. The van der Waals surface area contributed by atoms with Crippen molar-refractivity contribution in [3.8, 4) is 0 Å². The van der Waals surface area contributed by atoms with Crippen molar-refractivity contribution in [3.63, 3.8) is 0 Å². The normalized spacial score (nSPS) is 10.9. The number of aromatic amines is 1. The van der Waals surface area contributed by atoms with Gasteiger partial charge in [-0.1, -0.05) is 19.8 Å². The fourth-order valence-corrected chi connectivity index (χ4v) is 2.23. The molecule has 0 amide bonds. The van der Waals surface area contributed by atoms with E-state index in [1.165, 1.54) is 7.05 Å². The number of aromatic nitrogens is 4. The van der Waals surface area contributed by atoms with Gasteiger partial charge in [0.2, 0.25) is 5.52 Å². The maximum absolute atomic E-state index is 12.0. The van der Waals surface area contributed by atoms with Crippen LogP contribution in [0.25, 0.3) is 11.2 Å². The van der Waals surface area contributed by atoms with Crippen LogP contribution in [0.5, 0.6) is 0 Å². The molecule has 0 bridgehead atoms. The molecule has 11 nitrogen and oxygen atoms in total. The fraction of sp³-hybridized carbons (Fsp3) is 0.538. The van der Waals surface area contributed by atoms with E-state index in [0.29, 0.717) is 6.42 Å². The zero-order chi connectivity index (χ0) is 17.9. The van der Waals surface area contributed by atoms with Crippen LogP contribution in [-0.2, 0) is 23.1 Å². The highest BCUT2D eigenvalue weighted by atomic mass is 16.6. The summed E-state index contributed by atoms with van der Waals surface area (Å²) in [5.74, 6) is -1.43. The second-order valence-electron chi connectivity index (χ2n) is 5.17. The first kappa shape index (κ1) is 17.4. The Bertz CT molecular complexity index is 893. The summed E-state index contributed by atoms with van der Waals surface area (Å²) in [7, 11) is 1.31. The lowest BCUT2D eigenvalue weighted by Gasteiger charge is -2.04. The highest BCUT2D eigenvalue weighted by molar-refractivity contribution is 5.77. The monoisotopic (exact) mass is 339 g/mol. The molecule has 2 aromatic heterocycles. The van der Waals surface area contributed by atoms with Gasteiger partial charge in [0.05, 0.1) is 6.61 Å². The second-order valence-corrected chi connectivity index (χ2v) is 5.17. The lowest BCUT2D eigenvalue weighted by atomic mass is 10.3. The predicted octanol–water partition coefficient (Wildman–Crippen LogP) is 0.0649. The largest absolute Gasteiger partial charge is 0.463 e. The van der Waals surface area contributed by atoms with Crippen LogP contribution in [0, 0.1) is 10.1 Å². The highest BCUT2D eigenvalue weighted by Gasteiger charge is 2.28. The first-order valence-corrected chi connectivity index (χ1v) is 7.36. The van der Waals surface area contributed by atoms with Gasteiger partial charge in [-0.2, -0.15) is 0 Å². The van der Waals surface area contributed by atoms with Crippen molar-refractivity contribution < 1.29 is 14.5 Å². The Morgan fingerprint density at radius 1 is 1.38 bits per heavy atom. The minimum atomic E-state index is -0.854. The van der Waals surface area contributed by atoms with Crippen LogP contribution in [0.1, 0.15) is 26.2 Å². The van der Waals surface area contributed by atoms with Gasteiger partial charge in [-0.3, -0.25) is 14.3 Å². The number of imidazole rings is 1. The van der Waals surface area contributed by atoms with Crippen LogP contribution >= 0.6 is 0 Å². The summed E-state index contributed by atoms with van der Waals surface area (Å²) >= 11 is 0. The third kappa shape index (κ3) is 3.34. The Hall–Kier alpha value is -2.98. The SMILES string of the molecule is CCCCCOC(=O)Cn1c([N+](=O)[O-])nc2c1c(=O)[nH]c(=O)n2C. The van der Waals surface area contributed by atoms with E-state index >= 15 is 0 Å². The van der Waals surface area contributed by atoms with Crippen molar-refractivity contribution in [1.29, 1.82) is 0 Å². The molecule has 0 aromatic carbocycles. The number of nitrogens with one attached hydrogen (secondary N) is 1. The number of hydrogen-bond donors (Lipinski definition) is 1. The Morgan fingerprint density at radius 2 is 2.08 bits per heavy atom. The van der Waals surface area contributed by atoms with Crippen LogP contribution in [-0.4, -0.2) is 36.6 Å². The van der Waals surface area contributed by atoms with E-state index in [9.17, 15) is 24.5 Å². The number of ether oxygens (including phenoxy) is 1. The molecule has 0 unspecified atom stereocenters. The van der Waals surface area contributed by atoms with Gasteiger partial charge in [0.15, 0.2) is 6.54 Å². The van der Waals surface area contributed by atoms with Gasteiger partial charge < -0.3 is 14.9 Å². The number of fused-ring (bicyclic) bond motifs is 1. The van der Waals surface area contributed by atoms with E-state index in [1.807, 2.05) is 11.9 Å². The summed E-state index contributed by atoms with van der Waals surface area (Å²) in [5, 5.41) is 11.2. The molecule has 0 spiro atoms. The summed E-state index contributed by atoms with van der Waals surface area (Å²) in [4.78, 5) is 51.5. The van der Waals surface area contributed by atoms with E-state index in [2.05, 4.69) is 4.98 Å². The van der Waals surface area contributed by atoms with Crippen molar-refractivity contribution in [2.45, 2.75) is 32.7 Å². The van der Waals surface area contributed by atoms with Gasteiger partial charge in [0.25, 0.3) is 11.2 Å². The summed E-state index contributed by atoms with van der Waals surface area (Å²) in [6, 6.07) is 0. The second kappa shape index (κ2) is 7.06. The summed E-state index contributed by atoms with van der Waals surface area (Å²) in [5.41, 5.74) is -2.01. The Morgan fingerprint density at radius 3 is 2.71 bits per heavy atom. The Labute approximate surface area is 135 Å². The molecule has 0 saturated heterocycles. The maximum Gasteiger partial charge on any atom is 0.438 e. The zero-order valence-corrected chi connectivity index (χ0v) is 13.3. The number of H-pyrrole nitrogens is 1. The molecule has 0 aliphatic heterocycles. The molecule has 0 atom stereocenters. The highest BCUT2D eigenvalue weighted by Crippen LogP contribution is 2.17. The van der Waals surface area contributed by atoms with Crippen molar-refractivity contribution in [1.82, 2.24) is 19.1 Å². The van der Waals surface area contributed by atoms with E-state index in [4.69, 9.17) is 4.74 Å². The van der Waals surface area contributed by atoms with E-state index < -0.39 is 34.6 Å². The summed E-state index contributed by atoms with van der Waals surface area (Å²) in [6.45, 7) is 1.65. The van der Waals surface area contributed by atoms with Gasteiger partial charge in [0, 0.05) is 7.05 Å². The van der Waals surface area contributed by atoms with Crippen molar-refractivity contribution in [3.05, 3.63) is 31.0 Å². The molecule has 2 aromatic rings. The van der Waals surface area contributed by atoms with Gasteiger partial charge in [-0.05, 0) is 16.3 Å². The lowest BCUT2D eigenvalue weighted by Crippen LogP contribution is -2.29. The molecule has 11 heteroatoms. The number of esters is 1. The standard InChI is InChI=1S/C13H17N5O6/c1-3-4-5-6-24-8(19)7-17-9-10(14-12(17)18(22)23)16(2)13(21)15-11(9)20/h3-7H2,1-2H3,(H,15,20,21). The van der Waals surface area contributed by atoms with Gasteiger partial charge in [-0.25, -0.2) is 14.2 Å². The molecule has 0 saturated carbocycles. The van der Waals surface area contributed by atoms with E-state index in [0.717, 1.165) is 22.0 Å². The molecule has 2 heterocycles. The average Bonchev–Trinajstić information content (AvgIpc) is 2.89. The Kier molecular flexibility index (Phi) is 5.11. The molecule has 0 aliphatic carbocycles. The maximum atomic E-state index is 12.0. The molecule has 1 N–H and O–H groups in total. The van der Waals surface area contributed by atoms with Crippen molar-refractivity contribution in [2.75, 3.05) is 6.61 Å². The van der Waals surface area contributed by atoms with E-state index in [-0.39, 0.29) is 17.8 Å². The van der Waals surface area contributed by atoms with Gasteiger partial charge in [-0.15, -0.1) is 0 Å². The zero-order valence-electron chi connectivity index (χ0n) is 13.3. The molecule has 24 heavy (non-hydrogen) atoms. The van der Waals surface area contributed by atoms with Crippen LogP contribution in [0.4, 0.5) is 5.95 Å². The van der Waals surface area contributed by atoms with Crippen LogP contribution in [0.15, 0.2) is 9.59 Å². The molecular formula is C13H17N5O6. The van der Waals surface area contributed by atoms with E-state index in [1.54, 1.807) is 0 Å². The van der Waals surface area contributed by atoms with Gasteiger partial charge in [0.1, 0.15) is 0 Å². The number of aryl methyl sites for hydroxylation is 1. The molecule has 0 aliphatic rings. The van der Waals surface area contributed by atoms with Crippen molar-refractivity contribution >= 4 is 23.1 Å². The molecular weight excluding hydrogens is 322 g/mol. The molecule has 2 rings (SSSR count). The number of rotatable bonds is 7. The summed E-state index contributed by atoms with van der Waals surface area (Å²) < 4.78 is 6.81. The molecule has 0 radical (unpaired) electrons. The lowest BCUT2D eigenvalue weighted by molar-refractivity contribution is -0.396. The molecule has 130 valence electrons. The minimum absolute atomic E-state index is 0.172. The topological polar surface area (TPSA) is 142 Å².